The molecule has 2 N–H and O–H groups in total. The number of hydrogen-bond donors (Lipinski definition) is 1. The van der Waals surface area contributed by atoms with Gasteiger partial charge >= 0.3 is 0 Å². The summed E-state index contributed by atoms with van der Waals surface area (Å²) < 4.78 is 13.3. The van der Waals surface area contributed by atoms with Crippen LogP contribution in [0.2, 0.25) is 5.02 Å². The lowest BCUT2D eigenvalue weighted by atomic mass is 10.0. The molecule has 0 aromatic heterocycles. The average molecular weight is 214 g/mol. The highest BCUT2D eigenvalue weighted by molar-refractivity contribution is 6.31. The Morgan fingerprint density at radius 2 is 2.29 bits per heavy atom. The summed E-state index contributed by atoms with van der Waals surface area (Å²) in [4.78, 5) is 0. The van der Waals surface area contributed by atoms with Gasteiger partial charge in [-0.25, -0.2) is 4.39 Å². The minimum absolute atomic E-state index is 0.339. The maximum Gasteiger partial charge on any atom is 0.129 e. The second-order valence-corrected chi connectivity index (χ2v) is 3.52. The highest BCUT2D eigenvalue weighted by Crippen LogP contribution is 2.26. The van der Waals surface area contributed by atoms with Crippen LogP contribution >= 0.6 is 11.6 Å². The molecule has 14 heavy (non-hydrogen) atoms. The van der Waals surface area contributed by atoms with E-state index >= 15 is 0 Å². The average Bonchev–Trinajstić information content (AvgIpc) is 2.14. The summed E-state index contributed by atoms with van der Waals surface area (Å²) in [7, 11) is 0. The van der Waals surface area contributed by atoms with Gasteiger partial charge in [0.2, 0.25) is 0 Å². The van der Waals surface area contributed by atoms with Crippen molar-refractivity contribution in [1.29, 1.82) is 0 Å². The maximum absolute atomic E-state index is 13.3. The van der Waals surface area contributed by atoms with Crippen LogP contribution in [0.5, 0.6) is 0 Å². The zero-order valence-corrected chi connectivity index (χ0v) is 8.60. The van der Waals surface area contributed by atoms with Crippen LogP contribution in [-0.4, -0.2) is 0 Å². The standard InChI is InChI=1S/C11H13ClFN/c1-2-3-7-10(14)11-8(12)5-4-6-9(11)13/h2,4-6,10H,1,3,7,14H2/t10-/m1/s1. The smallest absolute Gasteiger partial charge is 0.129 e. The van der Waals surface area contributed by atoms with Crippen molar-refractivity contribution < 1.29 is 4.39 Å². The number of allylic oxidation sites excluding steroid dienone is 1. The lowest BCUT2D eigenvalue weighted by Crippen LogP contribution is -2.12. The molecular formula is C11H13ClFN. The van der Waals surface area contributed by atoms with E-state index < -0.39 is 0 Å². The molecule has 0 aliphatic rings. The summed E-state index contributed by atoms with van der Waals surface area (Å²) in [5, 5.41) is 0.390. The van der Waals surface area contributed by atoms with E-state index in [1.54, 1.807) is 18.2 Å². The lowest BCUT2D eigenvalue weighted by molar-refractivity contribution is 0.567. The van der Waals surface area contributed by atoms with Crippen molar-refractivity contribution >= 4 is 11.6 Å². The monoisotopic (exact) mass is 213 g/mol. The fourth-order valence-electron chi connectivity index (χ4n) is 1.31. The van der Waals surface area contributed by atoms with Gasteiger partial charge in [-0.15, -0.1) is 6.58 Å². The first kappa shape index (κ1) is 11.2. The molecule has 1 nitrogen and oxygen atoms in total. The van der Waals surface area contributed by atoms with Crippen LogP contribution in [0.4, 0.5) is 4.39 Å². The predicted molar refractivity (Wildman–Crippen MR) is 57.8 cm³/mol. The minimum Gasteiger partial charge on any atom is -0.324 e. The van der Waals surface area contributed by atoms with E-state index in [2.05, 4.69) is 6.58 Å². The molecule has 1 aromatic rings. The summed E-state index contributed by atoms with van der Waals surface area (Å²) in [5.41, 5.74) is 6.21. The van der Waals surface area contributed by atoms with E-state index in [1.165, 1.54) is 6.07 Å². The molecule has 0 bridgehead atoms. The molecule has 0 aliphatic carbocycles. The van der Waals surface area contributed by atoms with E-state index in [9.17, 15) is 4.39 Å². The van der Waals surface area contributed by atoms with Gasteiger partial charge < -0.3 is 5.73 Å². The van der Waals surface area contributed by atoms with E-state index in [0.29, 0.717) is 17.0 Å². The third kappa shape index (κ3) is 2.56. The van der Waals surface area contributed by atoms with Crippen LogP contribution in [0.3, 0.4) is 0 Å². The molecule has 0 radical (unpaired) electrons. The van der Waals surface area contributed by atoms with Gasteiger partial charge in [0.15, 0.2) is 0 Å². The Morgan fingerprint density at radius 3 is 2.86 bits per heavy atom. The summed E-state index contributed by atoms with van der Waals surface area (Å²) in [6, 6.07) is 4.23. The molecule has 1 rings (SSSR count). The first-order valence-corrected chi connectivity index (χ1v) is 4.85. The summed E-state index contributed by atoms with van der Waals surface area (Å²) in [6.45, 7) is 3.59. The number of benzene rings is 1. The lowest BCUT2D eigenvalue weighted by Gasteiger charge is -2.13. The predicted octanol–water partition coefficient (Wildman–Crippen LogP) is 3.45. The largest absolute Gasteiger partial charge is 0.324 e. The Morgan fingerprint density at radius 1 is 1.57 bits per heavy atom. The van der Waals surface area contributed by atoms with Gasteiger partial charge in [-0.3, -0.25) is 0 Å². The third-order valence-corrected chi connectivity index (χ3v) is 2.38. The number of rotatable bonds is 4. The van der Waals surface area contributed by atoms with Crippen LogP contribution in [0.25, 0.3) is 0 Å². The Kier molecular flexibility index (Phi) is 4.11. The first-order valence-electron chi connectivity index (χ1n) is 4.47. The van der Waals surface area contributed by atoms with Gasteiger partial charge in [-0.05, 0) is 25.0 Å². The van der Waals surface area contributed by atoms with Crippen LogP contribution in [0.1, 0.15) is 24.4 Å². The molecule has 0 aliphatic heterocycles. The van der Waals surface area contributed by atoms with Gasteiger partial charge in [-0.2, -0.15) is 0 Å². The maximum atomic E-state index is 13.3. The second kappa shape index (κ2) is 5.13. The summed E-state index contributed by atoms with van der Waals surface area (Å²) in [6.07, 6.45) is 3.17. The summed E-state index contributed by atoms with van der Waals surface area (Å²) in [5.74, 6) is -0.339. The molecule has 1 aromatic carbocycles. The Bertz CT molecular complexity index is 305. The molecule has 0 unspecified atom stereocenters. The van der Waals surface area contributed by atoms with Crippen molar-refractivity contribution in [2.24, 2.45) is 5.73 Å². The van der Waals surface area contributed by atoms with Crippen molar-refractivity contribution in [2.45, 2.75) is 18.9 Å². The Hall–Kier alpha value is -0.860. The van der Waals surface area contributed by atoms with Crippen molar-refractivity contribution in [3.63, 3.8) is 0 Å². The Balaban J connectivity index is 2.87. The molecule has 0 fully saturated rings. The molecule has 0 heterocycles. The number of nitrogens with two attached hydrogens (primary N) is 1. The Labute approximate surface area is 88.4 Å². The molecule has 0 saturated heterocycles. The second-order valence-electron chi connectivity index (χ2n) is 3.11. The quantitative estimate of drug-likeness (QED) is 0.762. The fraction of sp³-hybridized carbons (Fsp3) is 0.273. The fourth-order valence-corrected chi connectivity index (χ4v) is 1.61. The normalized spacial score (nSPS) is 12.5. The van der Waals surface area contributed by atoms with Crippen LogP contribution in [0.15, 0.2) is 30.9 Å². The van der Waals surface area contributed by atoms with Gasteiger partial charge in [0.05, 0.1) is 0 Å². The van der Waals surface area contributed by atoms with Gasteiger partial charge in [-0.1, -0.05) is 23.7 Å². The molecule has 0 spiro atoms. The molecule has 1 atom stereocenters. The van der Waals surface area contributed by atoms with Gasteiger partial charge in [0, 0.05) is 16.6 Å². The number of hydrogen-bond acceptors (Lipinski definition) is 1. The molecule has 0 saturated carbocycles. The van der Waals surface area contributed by atoms with E-state index in [1.807, 2.05) is 0 Å². The molecular weight excluding hydrogens is 201 g/mol. The topological polar surface area (TPSA) is 26.0 Å². The summed E-state index contributed by atoms with van der Waals surface area (Å²) >= 11 is 5.86. The zero-order chi connectivity index (χ0) is 10.6. The molecule has 3 heteroatoms. The zero-order valence-electron chi connectivity index (χ0n) is 7.84. The van der Waals surface area contributed by atoms with Crippen molar-refractivity contribution in [2.75, 3.05) is 0 Å². The third-order valence-electron chi connectivity index (χ3n) is 2.05. The van der Waals surface area contributed by atoms with Crippen molar-refractivity contribution in [3.8, 4) is 0 Å². The molecule has 0 amide bonds. The van der Waals surface area contributed by atoms with Crippen LogP contribution < -0.4 is 5.73 Å². The number of halogens is 2. The minimum atomic E-state index is -0.360. The highest BCUT2D eigenvalue weighted by atomic mass is 35.5. The van der Waals surface area contributed by atoms with E-state index in [-0.39, 0.29) is 11.9 Å². The van der Waals surface area contributed by atoms with E-state index in [0.717, 1.165) is 6.42 Å². The van der Waals surface area contributed by atoms with Crippen LogP contribution in [-0.2, 0) is 0 Å². The molecule has 76 valence electrons. The van der Waals surface area contributed by atoms with Gasteiger partial charge in [0.1, 0.15) is 5.82 Å². The van der Waals surface area contributed by atoms with Gasteiger partial charge in [0.25, 0.3) is 0 Å². The first-order chi connectivity index (χ1) is 6.66. The van der Waals surface area contributed by atoms with E-state index in [4.69, 9.17) is 17.3 Å². The van der Waals surface area contributed by atoms with Crippen molar-refractivity contribution in [3.05, 3.63) is 47.3 Å². The highest BCUT2D eigenvalue weighted by Gasteiger charge is 2.13. The SMILES string of the molecule is C=CCC[C@@H](N)c1c(F)cccc1Cl. The van der Waals surface area contributed by atoms with Crippen molar-refractivity contribution in [1.82, 2.24) is 0 Å². The van der Waals surface area contributed by atoms with Crippen LogP contribution in [0, 0.1) is 5.82 Å².